The Bertz CT molecular complexity index is 1170. The molecule has 1 atom stereocenters. The van der Waals surface area contributed by atoms with E-state index in [9.17, 15) is 14.0 Å². The fourth-order valence-corrected chi connectivity index (χ4v) is 4.22. The molecule has 7 nitrogen and oxygen atoms in total. The first-order valence-corrected chi connectivity index (χ1v) is 10.6. The number of hydrogen-bond donors (Lipinski definition) is 2. The van der Waals surface area contributed by atoms with Gasteiger partial charge in [-0.2, -0.15) is 5.10 Å². The van der Waals surface area contributed by atoms with Crippen LogP contribution in [0.3, 0.4) is 0 Å². The van der Waals surface area contributed by atoms with E-state index < -0.39 is 11.7 Å². The fourth-order valence-electron chi connectivity index (χ4n) is 4.22. The van der Waals surface area contributed by atoms with E-state index in [1.807, 2.05) is 43.0 Å². The molecule has 0 bridgehead atoms. The van der Waals surface area contributed by atoms with Gasteiger partial charge in [0.15, 0.2) is 0 Å². The maximum Gasteiger partial charge on any atom is 0.255 e. The molecule has 8 heteroatoms. The van der Waals surface area contributed by atoms with E-state index in [1.165, 1.54) is 10.7 Å². The third kappa shape index (κ3) is 4.40. The molecule has 0 saturated carbocycles. The van der Waals surface area contributed by atoms with Crippen molar-refractivity contribution in [2.24, 2.45) is 5.73 Å². The van der Waals surface area contributed by atoms with Gasteiger partial charge in [-0.3, -0.25) is 14.5 Å². The largest absolute Gasteiger partial charge is 0.368 e. The van der Waals surface area contributed by atoms with Crippen molar-refractivity contribution in [3.05, 3.63) is 76.9 Å². The molecule has 2 aromatic carbocycles. The Balaban J connectivity index is 1.53. The Kier molecular flexibility index (Phi) is 6.05. The van der Waals surface area contributed by atoms with Gasteiger partial charge in [0.1, 0.15) is 11.5 Å². The smallest absolute Gasteiger partial charge is 0.255 e. The molecule has 2 heterocycles. The zero-order chi connectivity index (χ0) is 22.8. The average molecular weight is 436 g/mol. The van der Waals surface area contributed by atoms with Crippen LogP contribution >= 0.6 is 0 Å². The molecule has 0 aliphatic carbocycles. The van der Waals surface area contributed by atoms with E-state index >= 15 is 0 Å². The highest BCUT2D eigenvalue weighted by Crippen LogP contribution is 2.25. The zero-order valence-corrected chi connectivity index (χ0v) is 18.1. The van der Waals surface area contributed by atoms with Gasteiger partial charge in [-0.05, 0) is 69.1 Å². The summed E-state index contributed by atoms with van der Waals surface area (Å²) in [5.74, 6) is -1.27. The van der Waals surface area contributed by atoms with Gasteiger partial charge >= 0.3 is 0 Å². The zero-order valence-electron chi connectivity index (χ0n) is 18.1. The fraction of sp³-hybridized carbons (Fsp3) is 0.292. The van der Waals surface area contributed by atoms with Crippen LogP contribution in [0.4, 0.5) is 10.1 Å². The van der Waals surface area contributed by atoms with Crippen molar-refractivity contribution in [1.82, 2.24) is 14.7 Å². The van der Waals surface area contributed by atoms with Crippen LogP contribution in [-0.2, 0) is 11.3 Å². The first kappa shape index (κ1) is 21.7. The molecule has 1 saturated heterocycles. The van der Waals surface area contributed by atoms with Crippen LogP contribution in [0.15, 0.2) is 48.5 Å². The van der Waals surface area contributed by atoms with Crippen molar-refractivity contribution in [3.63, 3.8) is 0 Å². The minimum absolute atomic E-state index is 0.207. The number of para-hydroxylation sites is 1. The summed E-state index contributed by atoms with van der Waals surface area (Å²) in [6, 6.07) is 13.3. The molecule has 0 spiro atoms. The van der Waals surface area contributed by atoms with Crippen molar-refractivity contribution in [2.45, 2.75) is 39.3 Å². The second-order valence-electron chi connectivity index (χ2n) is 8.15. The van der Waals surface area contributed by atoms with Crippen molar-refractivity contribution in [1.29, 1.82) is 0 Å². The predicted molar refractivity (Wildman–Crippen MR) is 120 cm³/mol. The van der Waals surface area contributed by atoms with Gasteiger partial charge < -0.3 is 11.1 Å². The molecular weight excluding hydrogens is 409 g/mol. The number of likely N-dealkylation sites (tertiary alicyclic amines) is 1. The van der Waals surface area contributed by atoms with Crippen LogP contribution in [0.25, 0.3) is 5.69 Å². The summed E-state index contributed by atoms with van der Waals surface area (Å²) in [5, 5.41) is 7.18. The predicted octanol–water partition coefficient (Wildman–Crippen LogP) is 3.33. The van der Waals surface area contributed by atoms with E-state index in [-0.39, 0.29) is 17.5 Å². The molecule has 2 amide bonds. The number of nitrogens with zero attached hydrogens (tertiary/aromatic N) is 3. The maximum atomic E-state index is 14.8. The highest BCUT2D eigenvalue weighted by molar-refractivity contribution is 6.04. The number of nitrogens with two attached hydrogens (primary N) is 1. The molecule has 0 radical (unpaired) electrons. The average Bonchev–Trinajstić information content (AvgIpc) is 3.35. The molecule has 1 fully saturated rings. The molecule has 3 aromatic rings. The normalized spacial score (nSPS) is 16.3. The van der Waals surface area contributed by atoms with Gasteiger partial charge in [0.25, 0.3) is 5.91 Å². The summed E-state index contributed by atoms with van der Waals surface area (Å²) in [6.45, 7) is 4.96. The molecule has 32 heavy (non-hydrogen) atoms. The number of carbonyl (C=O) groups excluding carboxylic acids is 2. The lowest BCUT2D eigenvalue weighted by Gasteiger charge is -2.23. The van der Waals surface area contributed by atoms with Crippen molar-refractivity contribution >= 4 is 17.5 Å². The first-order valence-electron chi connectivity index (χ1n) is 10.6. The highest BCUT2D eigenvalue weighted by atomic mass is 19.1. The minimum Gasteiger partial charge on any atom is -0.368 e. The van der Waals surface area contributed by atoms with Crippen LogP contribution < -0.4 is 11.1 Å². The van der Waals surface area contributed by atoms with Crippen molar-refractivity contribution < 1.29 is 14.0 Å². The first-order chi connectivity index (χ1) is 15.3. The Morgan fingerprint density at radius 3 is 2.66 bits per heavy atom. The monoisotopic (exact) mass is 435 g/mol. The number of anilines is 1. The van der Waals surface area contributed by atoms with E-state index in [0.29, 0.717) is 17.9 Å². The van der Waals surface area contributed by atoms with Crippen molar-refractivity contribution in [2.75, 3.05) is 11.9 Å². The Morgan fingerprint density at radius 1 is 1.19 bits per heavy atom. The summed E-state index contributed by atoms with van der Waals surface area (Å²) >= 11 is 0. The van der Waals surface area contributed by atoms with Crippen LogP contribution in [0.5, 0.6) is 0 Å². The molecule has 3 N–H and O–H groups in total. The Morgan fingerprint density at radius 2 is 1.97 bits per heavy atom. The number of primary amides is 1. The Hall–Kier alpha value is -3.52. The second-order valence-corrected chi connectivity index (χ2v) is 8.15. The molecule has 166 valence electrons. The summed E-state index contributed by atoms with van der Waals surface area (Å²) in [4.78, 5) is 26.6. The standard InChI is InChI=1S/C24H26FN5O2/c1-15-12-16(2)30(28-15)21-10-9-17(13-19(21)25)24(32)27-20-7-4-3-6-18(20)14-29-11-5-8-22(29)23(26)31/h3-4,6-7,9-10,12-13,22H,5,8,11,14H2,1-2H3,(H2,26,31)(H,27,32). The lowest BCUT2D eigenvalue weighted by Crippen LogP contribution is -2.39. The third-order valence-electron chi connectivity index (χ3n) is 5.78. The number of halogens is 1. The molecule has 1 unspecified atom stereocenters. The van der Waals surface area contributed by atoms with Gasteiger partial charge in [0, 0.05) is 23.5 Å². The molecule has 1 aromatic heterocycles. The number of rotatable bonds is 6. The van der Waals surface area contributed by atoms with E-state index in [0.717, 1.165) is 36.3 Å². The molecular formula is C24H26FN5O2. The lowest BCUT2D eigenvalue weighted by atomic mass is 10.1. The topological polar surface area (TPSA) is 93.3 Å². The van der Waals surface area contributed by atoms with Gasteiger partial charge in [-0.15, -0.1) is 0 Å². The quantitative estimate of drug-likeness (QED) is 0.621. The van der Waals surface area contributed by atoms with Crippen molar-refractivity contribution in [3.8, 4) is 5.69 Å². The number of nitrogens with one attached hydrogen (secondary N) is 1. The number of benzene rings is 2. The lowest BCUT2D eigenvalue weighted by molar-refractivity contribution is -0.122. The number of carbonyl (C=O) groups is 2. The van der Waals surface area contributed by atoms with Gasteiger partial charge in [0.2, 0.25) is 5.91 Å². The van der Waals surface area contributed by atoms with Crippen LogP contribution in [0.2, 0.25) is 0 Å². The summed E-state index contributed by atoms with van der Waals surface area (Å²) < 4.78 is 16.3. The van der Waals surface area contributed by atoms with Crippen LogP contribution in [0, 0.1) is 19.7 Å². The van der Waals surface area contributed by atoms with Crippen LogP contribution in [-0.4, -0.2) is 39.1 Å². The van der Waals surface area contributed by atoms with E-state index in [4.69, 9.17) is 5.73 Å². The molecule has 1 aliphatic rings. The highest BCUT2D eigenvalue weighted by Gasteiger charge is 2.29. The van der Waals surface area contributed by atoms with E-state index in [2.05, 4.69) is 10.4 Å². The van der Waals surface area contributed by atoms with Gasteiger partial charge in [-0.1, -0.05) is 18.2 Å². The second kappa shape index (κ2) is 8.92. The molecule has 1 aliphatic heterocycles. The van der Waals surface area contributed by atoms with Gasteiger partial charge in [-0.25, -0.2) is 9.07 Å². The molecule has 4 rings (SSSR count). The third-order valence-corrected chi connectivity index (χ3v) is 5.78. The number of aromatic nitrogens is 2. The van der Waals surface area contributed by atoms with Crippen LogP contribution in [0.1, 0.15) is 40.2 Å². The number of hydrogen-bond acceptors (Lipinski definition) is 4. The van der Waals surface area contributed by atoms with E-state index in [1.54, 1.807) is 18.2 Å². The number of amides is 2. The summed E-state index contributed by atoms with van der Waals surface area (Å²) in [5.41, 5.74) is 9.11. The van der Waals surface area contributed by atoms with Gasteiger partial charge in [0.05, 0.1) is 11.7 Å². The Labute approximate surface area is 186 Å². The SMILES string of the molecule is Cc1cc(C)n(-c2ccc(C(=O)Nc3ccccc3CN3CCCC3C(N)=O)cc2F)n1. The number of aryl methyl sites for hydroxylation is 2. The maximum absolute atomic E-state index is 14.8. The summed E-state index contributed by atoms with van der Waals surface area (Å²) in [7, 11) is 0. The summed E-state index contributed by atoms with van der Waals surface area (Å²) in [6.07, 6.45) is 1.65. The minimum atomic E-state index is -0.529.